The lowest BCUT2D eigenvalue weighted by molar-refractivity contribution is -0.0915. The van der Waals surface area contributed by atoms with Crippen molar-refractivity contribution in [1.82, 2.24) is 4.90 Å². The normalized spacial score (nSPS) is 12.4. The topological polar surface area (TPSA) is 38.8 Å². The van der Waals surface area contributed by atoms with Crippen molar-refractivity contribution in [3.05, 3.63) is 0 Å². The average molecular weight is 271 g/mol. The number of halogens is 3. The Balaban J connectivity index is 3.84. The first kappa shape index (κ1) is 17.0. The molecule has 0 heterocycles. The van der Waals surface area contributed by atoms with Crippen molar-refractivity contribution >= 4 is 6.09 Å². The van der Waals surface area contributed by atoms with Crippen molar-refractivity contribution in [3.63, 3.8) is 0 Å². The SMILES string of the molecule is CN(CCOCC(F)(F)CF)C(=O)OC(C)(C)C. The van der Waals surface area contributed by atoms with Crippen LogP contribution in [0, 0.1) is 0 Å². The van der Waals surface area contributed by atoms with E-state index in [1.54, 1.807) is 20.8 Å². The number of ether oxygens (including phenoxy) is 2. The van der Waals surface area contributed by atoms with E-state index < -0.39 is 30.9 Å². The number of hydrogen-bond donors (Lipinski definition) is 0. The van der Waals surface area contributed by atoms with Crippen LogP contribution in [0.5, 0.6) is 0 Å². The molecule has 0 saturated carbocycles. The summed E-state index contributed by atoms with van der Waals surface area (Å²) in [5, 5.41) is 0. The van der Waals surface area contributed by atoms with E-state index in [2.05, 4.69) is 4.74 Å². The molecule has 1 amide bonds. The van der Waals surface area contributed by atoms with Crippen LogP contribution < -0.4 is 0 Å². The fourth-order valence-corrected chi connectivity index (χ4v) is 0.893. The second-order valence-corrected chi connectivity index (χ2v) is 4.94. The van der Waals surface area contributed by atoms with Crippen molar-refractivity contribution in [3.8, 4) is 0 Å². The lowest BCUT2D eigenvalue weighted by atomic mass is 10.2. The maximum atomic E-state index is 12.5. The average Bonchev–Trinajstić information content (AvgIpc) is 2.21. The van der Waals surface area contributed by atoms with Crippen LogP contribution in [0.1, 0.15) is 20.8 Å². The van der Waals surface area contributed by atoms with E-state index in [-0.39, 0.29) is 13.2 Å². The third-order valence-electron chi connectivity index (χ3n) is 1.78. The highest BCUT2D eigenvalue weighted by atomic mass is 19.3. The molecule has 0 bridgehead atoms. The summed E-state index contributed by atoms with van der Waals surface area (Å²) in [4.78, 5) is 12.7. The Kier molecular flexibility index (Phi) is 6.45. The minimum atomic E-state index is -3.47. The number of amides is 1. The molecule has 0 saturated heterocycles. The van der Waals surface area contributed by atoms with E-state index in [9.17, 15) is 18.0 Å². The van der Waals surface area contributed by atoms with Crippen LogP contribution >= 0.6 is 0 Å². The molecule has 0 unspecified atom stereocenters. The molecule has 18 heavy (non-hydrogen) atoms. The number of rotatable bonds is 6. The van der Waals surface area contributed by atoms with Crippen LogP contribution in [0.2, 0.25) is 0 Å². The first-order valence-electron chi connectivity index (χ1n) is 5.53. The quantitative estimate of drug-likeness (QED) is 0.697. The van der Waals surface area contributed by atoms with Gasteiger partial charge in [-0.3, -0.25) is 0 Å². The zero-order chi connectivity index (χ0) is 14.4. The van der Waals surface area contributed by atoms with Crippen LogP contribution in [0.25, 0.3) is 0 Å². The first-order valence-corrected chi connectivity index (χ1v) is 5.53. The maximum absolute atomic E-state index is 12.5. The summed E-state index contributed by atoms with van der Waals surface area (Å²) in [5.74, 6) is -3.47. The fraction of sp³-hybridized carbons (Fsp3) is 0.909. The fourth-order valence-electron chi connectivity index (χ4n) is 0.893. The number of likely N-dealkylation sites (N-methyl/N-ethyl adjacent to an activating group) is 1. The van der Waals surface area contributed by atoms with Gasteiger partial charge in [-0.1, -0.05) is 0 Å². The molecule has 0 spiro atoms. The van der Waals surface area contributed by atoms with Gasteiger partial charge >= 0.3 is 6.09 Å². The molecule has 0 aromatic rings. The summed E-state index contributed by atoms with van der Waals surface area (Å²) in [6.07, 6.45) is -0.566. The lowest BCUT2D eigenvalue weighted by Gasteiger charge is -2.24. The molecule has 0 N–H and O–H groups in total. The molecule has 0 aromatic heterocycles. The Bertz CT molecular complexity index is 267. The summed E-state index contributed by atoms with van der Waals surface area (Å²) in [6, 6.07) is 0. The largest absolute Gasteiger partial charge is 0.444 e. The lowest BCUT2D eigenvalue weighted by Crippen LogP contribution is -2.36. The van der Waals surface area contributed by atoms with E-state index in [4.69, 9.17) is 4.74 Å². The van der Waals surface area contributed by atoms with Gasteiger partial charge in [0.05, 0.1) is 6.61 Å². The monoisotopic (exact) mass is 271 g/mol. The van der Waals surface area contributed by atoms with Crippen LogP contribution in [0.4, 0.5) is 18.0 Å². The van der Waals surface area contributed by atoms with Gasteiger partial charge in [0, 0.05) is 13.6 Å². The number of carbonyl (C=O) groups is 1. The van der Waals surface area contributed by atoms with Gasteiger partial charge < -0.3 is 14.4 Å². The molecule has 0 atom stereocenters. The number of carbonyl (C=O) groups excluding carboxylic acids is 1. The van der Waals surface area contributed by atoms with Crippen molar-refractivity contribution in [2.75, 3.05) is 33.5 Å². The smallest absolute Gasteiger partial charge is 0.410 e. The molecule has 0 aliphatic heterocycles. The van der Waals surface area contributed by atoms with E-state index >= 15 is 0 Å². The minimum Gasteiger partial charge on any atom is -0.444 e. The van der Waals surface area contributed by atoms with E-state index in [0.29, 0.717) is 0 Å². The zero-order valence-corrected chi connectivity index (χ0v) is 11.1. The van der Waals surface area contributed by atoms with Crippen molar-refractivity contribution in [1.29, 1.82) is 0 Å². The molecule has 7 heteroatoms. The van der Waals surface area contributed by atoms with Crippen molar-refractivity contribution in [2.24, 2.45) is 0 Å². The van der Waals surface area contributed by atoms with Gasteiger partial charge in [0.15, 0.2) is 6.67 Å². The first-order chi connectivity index (χ1) is 8.07. The molecule has 0 aliphatic carbocycles. The highest BCUT2D eigenvalue weighted by molar-refractivity contribution is 5.67. The third-order valence-corrected chi connectivity index (χ3v) is 1.78. The predicted octanol–water partition coefficient (Wildman–Crippen LogP) is 2.47. The highest BCUT2D eigenvalue weighted by Crippen LogP contribution is 2.14. The van der Waals surface area contributed by atoms with Crippen LogP contribution in [0.15, 0.2) is 0 Å². The Hall–Kier alpha value is -0.980. The molecule has 0 rings (SSSR count). The standard InChI is InChI=1S/C11H20F3NO3/c1-10(2,3)18-9(16)15(4)5-6-17-8-11(13,14)7-12/h5-8H2,1-4H3. The summed E-state index contributed by atoms with van der Waals surface area (Å²) < 4.78 is 46.3. The van der Waals surface area contributed by atoms with E-state index in [1.165, 1.54) is 11.9 Å². The van der Waals surface area contributed by atoms with Crippen molar-refractivity contribution in [2.45, 2.75) is 32.3 Å². The van der Waals surface area contributed by atoms with Gasteiger partial charge in [0.25, 0.3) is 5.92 Å². The van der Waals surface area contributed by atoms with Crippen LogP contribution in [-0.4, -0.2) is 56.0 Å². The van der Waals surface area contributed by atoms with Crippen molar-refractivity contribution < 1.29 is 27.4 Å². The molecule has 108 valence electrons. The van der Waals surface area contributed by atoms with Gasteiger partial charge in [0.2, 0.25) is 0 Å². The molecule has 0 aromatic carbocycles. The van der Waals surface area contributed by atoms with E-state index in [1.807, 2.05) is 0 Å². The predicted molar refractivity (Wildman–Crippen MR) is 60.6 cm³/mol. The summed E-state index contributed by atoms with van der Waals surface area (Å²) in [5.41, 5.74) is -0.618. The molecule has 0 fully saturated rings. The van der Waals surface area contributed by atoms with Gasteiger partial charge in [-0.2, -0.15) is 0 Å². The molecule has 0 aliphatic rings. The van der Waals surface area contributed by atoms with Gasteiger partial charge in [-0.05, 0) is 20.8 Å². The zero-order valence-electron chi connectivity index (χ0n) is 11.1. The van der Waals surface area contributed by atoms with Gasteiger partial charge in [-0.15, -0.1) is 0 Å². The molecule has 4 nitrogen and oxygen atoms in total. The Morgan fingerprint density at radius 1 is 1.28 bits per heavy atom. The summed E-state index contributed by atoms with van der Waals surface area (Å²) in [6.45, 7) is 2.40. The second kappa shape index (κ2) is 6.82. The highest BCUT2D eigenvalue weighted by Gasteiger charge is 2.29. The molecular weight excluding hydrogens is 251 g/mol. The van der Waals surface area contributed by atoms with E-state index in [0.717, 1.165) is 0 Å². The Morgan fingerprint density at radius 2 is 1.83 bits per heavy atom. The molecular formula is C11H20F3NO3. The number of alkyl halides is 3. The number of nitrogens with zero attached hydrogens (tertiary/aromatic N) is 1. The Labute approximate surface area is 105 Å². The van der Waals surface area contributed by atoms with Crippen LogP contribution in [0.3, 0.4) is 0 Å². The van der Waals surface area contributed by atoms with Crippen LogP contribution in [-0.2, 0) is 9.47 Å². The Morgan fingerprint density at radius 3 is 2.28 bits per heavy atom. The third kappa shape index (κ3) is 8.16. The summed E-state index contributed by atoms with van der Waals surface area (Å²) >= 11 is 0. The molecule has 0 radical (unpaired) electrons. The second-order valence-electron chi connectivity index (χ2n) is 4.94. The van der Waals surface area contributed by atoms with Gasteiger partial charge in [0.1, 0.15) is 12.2 Å². The summed E-state index contributed by atoms with van der Waals surface area (Å²) in [7, 11) is 1.46. The maximum Gasteiger partial charge on any atom is 0.410 e. The minimum absolute atomic E-state index is 0.0945. The van der Waals surface area contributed by atoms with Gasteiger partial charge in [-0.25, -0.2) is 18.0 Å². The number of hydrogen-bond acceptors (Lipinski definition) is 3.